The number of carbonyl (C=O) groups is 4. The topological polar surface area (TPSA) is 155 Å². The summed E-state index contributed by atoms with van der Waals surface area (Å²) in [6.07, 6.45) is 0.0965. The zero-order valence-corrected chi connectivity index (χ0v) is 16.0. The fraction of sp³-hybridized carbons (Fsp3) is 0.647. The van der Waals surface area contributed by atoms with Crippen LogP contribution in [0.15, 0.2) is 4.63 Å². The minimum absolute atomic E-state index is 0.0551. The van der Waals surface area contributed by atoms with Gasteiger partial charge in [-0.2, -0.15) is 0 Å². The van der Waals surface area contributed by atoms with Crippen molar-refractivity contribution < 1.29 is 33.7 Å². The van der Waals surface area contributed by atoms with Crippen molar-refractivity contribution in [2.24, 2.45) is 11.3 Å². The molecule has 12 heteroatoms. The summed E-state index contributed by atoms with van der Waals surface area (Å²) >= 11 is 0. The van der Waals surface area contributed by atoms with Crippen LogP contribution in [-0.2, 0) is 30.3 Å². The summed E-state index contributed by atoms with van der Waals surface area (Å²) in [5.74, 6) is -0.414. The molecule has 0 unspecified atom stereocenters. The molecule has 0 bridgehead atoms. The number of aryl methyl sites for hydroxylation is 1. The standard InChI is InChI=1S/C16H21N5O5.CH2O2/c1-10-12(19-26-18-10)4-14(23)21-5-11-7-25-9-16(11,8-21)15(24)20-3-2-17-13(22)6-20;2-1-3/h11H,2-9H2,1H3,(H,17,22);1H,(H,2,3)/t11-,16-;/m0./s1. The van der Waals surface area contributed by atoms with E-state index in [-0.39, 0.29) is 49.7 Å². The van der Waals surface area contributed by atoms with E-state index >= 15 is 0 Å². The normalized spacial score (nSPS) is 25.7. The zero-order chi connectivity index (χ0) is 21.0. The fourth-order valence-electron chi connectivity index (χ4n) is 4.02. The molecule has 3 fully saturated rings. The Hall–Kier alpha value is -3.02. The number of hydrogen-bond donors (Lipinski definition) is 2. The van der Waals surface area contributed by atoms with Crippen LogP contribution < -0.4 is 5.32 Å². The van der Waals surface area contributed by atoms with Gasteiger partial charge in [-0.25, -0.2) is 4.63 Å². The van der Waals surface area contributed by atoms with Gasteiger partial charge in [-0.3, -0.25) is 19.2 Å². The Morgan fingerprint density at radius 2 is 2.14 bits per heavy atom. The number of amides is 3. The number of piperazine rings is 1. The molecular formula is C17H23N5O7. The minimum atomic E-state index is -0.760. The highest BCUT2D eigenvalue weighted by Gasteiger charge is 2.58. The van der Waals surface area contributed by atoms with E-state index in [0.29, 0.717) is 44.2 Å². The third-order valence-corrected chi connectivity index (χ3v) is 5.54. The summed E-state index contributed by atoms with van der Waals surface area (Å²) in [5, 5.41) is 17.1. The van der Waals surface area contributed by atoms with Gasteiger partial charge in [0.1, 0.15) is 11.4 Å². The first kappa shape index (κ1) is 20.7. The highest BCUT2D eigenvalue weighted by atomic mass is 16.6. The largest absolute Gasteiger partial charge is 0.483 e. The Bertz CT molecular complexity index is 797. The number of carboxylic acid groups (broad SMARTS) is 1. The molecular weight excluding hydrogens is 386 g/mol. The van der Waals surface area contributed by atoms with E-state index in [4.69, 9.17) is 14.6 Å². The Morgan fingerprint density at radius 3 is 2.79 bits per heavy atom. The van der Waals surface area contributed by atoms with Gasteiger partial charge in [-0.1, -0.05) is 10.3 Å². The molecule has 2 atom stereocenters. The van der Waals surface area contributed by atoms with Gasteiger partial charge >= 0.3 is 0 Å². The third kappa shape index (κ3) is 4.06. The molecule has 4 rings (SSSR count). The van der Waals surface area contributed by atoms with Gasteiger partial charge in [-0.05, 0) is 6.92 Å². The quantitative estimate of drug-likeness (QED) is 0.542. The molecule has 0 aromatic carbocycles. The lowest BCUT2D eigenvalue weighted by molar-refractivity contribution is -0.147. The van der Waals surface area contributed by atoms with Gasteiger partial charge in [0.05, 0.1) is 31.6 Å². The van der Waals surface area contributed by atoms with E-state index in [1.807, 2.05) is 0 Å². The molecule has 0 spiro atoms. The molecule has 4 heterocycles. The smallest absolute Gasteiger partial charge is 0.290 e. The molecule has 0 radical (unpaired) electrons. The predicted octanol–water partition coefficient (Wildman–Crippen LogP) is -1.95. The monoisotopic (exact) mass is 409 g/mol. The average molecular weight is 409 g/mol. The van der Waals surface area contributed by atoms with E-state index in [1.54, 1.807) is 16.7 Å². The molecule has 0 saturated carbocycles. The molecule has 3 aliphatic heterocycles. The van der Waals surface area contributed by atoms with Crippen molar-refractivity contribution in [3.63, 3.8) is 0 Å². The molecule has 3 amide bonds. The molecule has 29 heavy (non-hydrogen) atoms. The maximum absolute atomic E-state index is 13.2. The predicted molar refractivity (Wildman–Crippen MR) is 94.3 cm³/mol. The van der Waals surface area contributed by atoms with E-state index in [9.17, 15) is 14.4 Å². The van der Waals surface area contributed by atoms with Gasteiger partial charge < -0.3 is 25.0 Å². The summed E-state index contributed by atoms with van der Waals surface area (Å²) < 4.78 is 10.2. The average Bonchev–Trinajstić information content (AvgIpc) is 3.36. The summed E-state index contributed by atoms with van der Waals surface area (Å²) in [5.41, 5.74) is 0.340. The zero-order valence-electron chi connectivity index (χ0n) is 16.0. The summed E-state index contributed by atoms with van der Waals surface area (Å²) in [6.45, 7) is 3.98. The highest BCUT2D eigenvalue weighted by Crippen LogP contribution is 2.43. The number of hydrogen-bond acceptors (Lipinski definition) is 8. The molecule has 0 aliphatic carbocycles. The van der Waals surface area contributed by atoms with Crippen LogP contribution >= 0.6 is 0 Å². The Labute approximate surface area is 166 Å². The van der Waals surface area contributed by atoms with Crippen LogP contribution in [0.1, 0.15) is 11.4 Å². The van der Waals surface area contributed by atoms with Gasteiger partial charge in [0.25, 0.3) is 6.47 Å². The lowest BCUT2D eigenvalue weighted by atomic mass is 9.79. The Kier molecular flexibility index (Phi) is 6.11. The second-order valence-corrected chi connectivity index (χ2v) is 7.30. The second-order valence-electron chi connectivity index (χ2n) is 7.30. The van der Waals surface area contributed by atoms with Crippen molar-refractivity contribution in [1.82, 2.24) is 25.4 Å². The SMILES string of the molecule is Cc1nonc1CC(=O)N1C[C@H]2COC[C@@]2(C(=O)N2CCNC(=O)C2)C1.O=CO. The van der Waals surface area contributed by atoms with Gasteiger partial charge in [0.2, 0.25) is 17.7 Å². The molecule has 12 nitrogen and oxygen atoms in total. The van der Waals surface area contributed by atoms with Crippen LogP contribution in [0.4, 0.5) is 0 Å². The summed E-state index contributed by atoms with van der Waals surface area (Å²) in [7, 11) is 0. The first-order chi connectivity index (χ1) is 13.9. The first-order valence-electron chi connectivity index (χ1n) is 9.18. The van der Waals surface area contributed by atoms with E-state index in [1.165, 1.54) is 0 Å². The van der Waals surface area contributed by atoms with E-state index in [0.717, 1.165) is 0 Å². The van der Waals surface area contributed by atoms with Crippen molar-refractivity contribution >= 4 is 24.2 Å². The van der Waals surface area contributed by atoms with Gasteiger partial charge in [-0.15, -0.1) is 0 Å². The minimum Gasteiger partial charge on any atom is -0.483 e. The molecule has 3 aliphatic rings. The van der Waals surface area contributed by atoms with E-state index in [2.05, 4.69) is 20.3 Å². The van der Waals surface area contributed by atoms with Gasteiger partial charge in [0, 0.05) is 32.1 Å². The van der Waals surface area contributed by atoms with Crippen molar-refractivity contribution in [3.05, 3.63) is 11.4 Å². The number of likely N-dealkylation sites (tertiary alicyclic amines) is 1. The fourth-order valence-corrected chi connectivity index (χ4v) is 4.02. The third-order valence-electron chi connectivity index (χ3n) is 5.54. The molecule has 1 aromatic rings. The highest BCUT2D eigenvalue weighted by molar-refractivity contribution is 5.91. The first-order valence-corrected chi connectivity index (χ1v) is 9.18. The van der Waals surface area contributed by atoms with Crippen LogP contribution in [0.2, 0.25) is 0 Å². The number of nitrogens with one attached hydrogen (secondary N) is 1. The Balaban J connectivity index is 0.000000755. The maximum Gasteiger partial charge on any atom is 0.290 e. The number of carbonyl (C=O) groups excluding carboxylic acids is 3. The second kappa shape index (κ2) is 8.55. The number of ether oxygens (including phenoxy) is 1. The lowest BCUT2D eigenvalue weighted by Gasteiger charge is -2.35. The molecule has 3 saturated heterocycles. The van der Waals surface area contributed by atoms with Crippen LogP contribution in [0.5, 0.6) is 0 Å². The van der Waals surface area contributed by atoms with Crippen LogP contribution in [0, 0.1) is 18.3 Å². The summed E-state index contributed by atoms with van der Waals surface area (Å²) in [6, 6.07) is 0. The van der Waals surface area contributed by atoms with Crippen molar-refractivity contribution in [1.29, 1.82) is 0 Å². The van der Waals surface area contributed by atoms with Crippen molar-refractivity contribution in [3.8, 4) is 0 Å². The van der Waals surface area contributed by atoms with Gasteiger partial charge in [0.15, 0.2) is 0 Å². The van der Waals surface area contributed by atoms with Crippen molar-refractivity contribution in [2.45, 2.75) is 13.3 Å². The molecule has 1 aromatic heterocycles. The lowest BCUT2D eigenvalue weighted by Crippen LogP contribution is -2.56. The van der Waals surface area contributed by atoms with Crippen molar-refractivity contribution in [2.75, 3.05) is 45.9 Å². The number of fused-ring (bicyclic) bond motifs is 1. The molecule has 158 valence electrons. The summed E-state index contributed by atoms with van der Waals surface area (Å²) in [4.78, 5) is 49.1. The number of aromatic nitrogens is 2. The van der Waals surface area contributed by atoms with Crippen LogP contribution in [-0.4, -0.2) is 95.4 Å². The van der Waals surface area contributed by atoms with E-state index < -0.39 is 5.41 Å². The maximum atomic E-state index is 13.2. The van der Waals surface area contributed by atoms with Crippen LogP contribution in [0.3, 0.4) is 0 Å². The van der Waals surface area contributed by atoms with Crippen LogP contribution in [0.25, 0.3) is 0 Å². The Morgan fingerprint density at radius 1 is 1.38 bits per heavy atom. The number of nitrogens with zero attached hydrogens (tertiary/aromatic N) is 4. The number of rotatable bonds is 3. The molecule has 2 N–H and O–H groups in total.